The molecule has 0 aliphatic rings. The second kappa shape index (κ2) is 25.5. The molecule has 5 heteroatoms. The maximum Gasteiger partial charge on any atom is 0 e. The zero-order valence-corrected chi connectivity index (χ0v) is 11.8. The molecule has 0 radical (unpaired) electrons. The van der Waals surface area contributed by atoms with Crippen LogP contribution in [0.2, 0.25) is 0 Å². The minimum atomic E-state index is 0. The van der Waals surface area contributed by atoms with Gasteiger partial charge >= 0.3 is 33.9 Å². The van der Waals surface area contributed by atoms with Gasteiger partial charge in [-0.3, -0.25) is 0 Å². The maximum atomic E-state index is 7.50. The van der Waals surface area contributed by atoms with E-state index in [4.69, 9.17) is 18.7 Å². The zero-order chi connectivity index (χ0) is 14.8. The molecular formula is C14H14CrO4. The van der Waals surface area contributed by atoms with Crippen LogP contribution in [0.5, 0.6) is 0 Å². The van der Waals surface area contributed by atoms with E-state index in [2.05, 4.69) is 38.7 Å². The van der Waals surface area contributed by atoms with E-state index >= 15 is 0 Å². The van der Waals surface area contributed by atoms with Gasteiger partial charge in [0.15, 0.2) is 0 Å². The summed E-state index contributed by atoms with van der Waals surface area (Å²) in [6.07, 6.45) is 0. The molecule has 0 aliphatic heterocycles. The molecule has 1 aromatic carbocycles. The van der Waals surface area contributed by atoms with Gasteiger partial charge in [0, 0.05) is 17.4 Å². The van der Waals surface area contributed by atoms with Crippen molar-refractivity contribution in [2.75, 3.05) is 6.61 Å². The predicted molar refractivity (Wildman–Crippen MR) is 62.7 cm³/mol. The first-order valence-electron chi connectivity index (χ1n) is 4.66. The summed E-state index contributed by atoms with van der Waals surface area (Å²) in [6.45, 7) is 20.5. The topological polar surface area (TPSA) is 68.9 Å². The van der Waals surface area contributed by atoms with Crippen LogP contribution in [-0.2, 0) is 42.7 Å². The summed E-state index contributed by atoms with van der Waals surface area (Å²) < 4.78 is 27.9. The van der Waals surface area contributed by atoms with Gasteiger partial charge in [-0.1, -0.05) is 42.5 Å². The Morgan fingerprint density at radius 2 is 1.47 bits per heavy atom. The number of ether oxygens (including phenoxy) is 1. The molecule has 0 aromatic heterocycles. The standard InChI is InChI=1S/C11H14O.3CO.Cr/c1-10(2)8-12-9-11-6-4-3-5-7-11;3*1-2;/h3-7H,1,8-9H2,2H3;;;;. The zero-order valence-electron chi connectivity index (χ0n) is 10.5. The molecule has 4 nitrogen and oxygen atoms in total. The van der Waals surface area contributed by atoms with Crippen molar-refractivity contribution in [2.24, 2.45) is 0 Å². The summed E-state index contributed by atoms with van der Waals surface area (Å²) in [5.74, 6) is 0. The van der Waals surface area contributed by atoms with Crippen molar-refractivity contribution < 1.29 is 36.1 Å². The summed E-state index contributed by atoms with van der Waals surface area (Å²) in [7, 11) is 0. The van der Waals surface area contributed by atoms with Crippen LogP contribution in [0.15, 0.2) is 42.5 Å². The van der Waals surface area contributed by atoms with E-state index in [1.807, 2.05) is 25.1 Å². The van der Waals surface area contributed by atoms with E-state index in [1.54, 1.807) is 0 Å². The normalized spacial score (nSPS) is 6.47. The molecule has 0 spiro atoms. The Morgan fingerprint density at radius 3 is 1.84 bits per heavy atom. The first-order chi connectivity index (χ1) is 8.79. The first kappa shape index (κ1) is 26.3. The Morgan fingerprint density at radius 1 is 1.05 bits per heavy atom. The van der Waals surface area contributed by atoms with Gasteiger partial charge in [-0.25, -0.2) is 0 Å². The summed E-state index contributed by atoms with van der Waals surface area (Å²) in [4.78, 5) is 0. The molecule has 0 saturated heterocycles. The van der Waals surface area contributed by atoms with Gasteiger partial charge in [-0.05, 0) is 12.5 Å². The molecule has 0 saturated carbocycles. The van der Waals surface area contributed by atoms with E-state index in [0.29, 0.717) is 13.2 Å². The predicted octanol–water partition coefficient (Wildman–Crippen LogP) is 2.66. The van der Waals surface area contributed by atoms with Crippen molar-refractivity contribution in [3.05, 3.63) is 68.0 Å². The van der Waals surface area contributed by atoms with Crippen LogP contribution in [-0.4, -0.2) is 6.61 Å². The van der Waals surface area contributed by atoms with Gasteiger partial charge in [-0.2, -0.15) is 0 Å². The van der Waals surface area contributed by atoms with Crippen LogP contribution in [0.25, 0.3) is 0 Å². The Balaban J connectivity index is -0.000000142. The van der Waals surface area contributed by atoms with Crippen LogP contribution < -0.4 is 0 Å². The fraction of sp³-hybridized carbons (Fsp3) is 0.214. The smallest absolute Gasteiger partial charge is 0 e. The summed E-state index contributed by atoms with van der Waals surface area (Å²) in [6, 6.07) is 10.1. The van der Waals surface area contributed by atoms with Crippen molar-refractivity contribution in [3.63, 3.8) is 0 Å². The average molecular weight is 298 g/mol. The van der Waals surface area contributed by atoms with Crippen LogP contribution in [0.3, 0.4) is 0 Å². The Kier molecular flexibility index (Phi) is 35.3. The third-order valence-corrected chi connectivity index (χ3v) is 1.46. The molecular weight excluding hydrogens is 284 g/mol. The van der Waals surface area contributed by atoms with Crippen molar-refractivity contribution in [1.29, 1.82) is 0 Å². The second-order valence-corrected chi connectivity index (χ2v) is 2.94. The fourth-order valence-corrected chi connectivity index (χ4v) is 0.917. The molecule has 0 bridgehead atoms. The molecule has 0 N–H and O–H groups in total. The Bertz CT molecular complexity index is 340. The molecule has 1 aromatic rings. The number of rotatable bonds is 4. The number of benzene rings is 1. The molecule has 0 fully saturated rings. The van der Waals surface area contributed by atoms with Gasteiger partial charge in [-0.15, -0.1) is 0 Å². The van der Waals surface area contributed by atoms with Crippen LogP contribution in [0.4, 0.5) is 0 Å². The molecule has 0 atom stereocenters. The SMILES string of the molecule is C=C(C)COCc1ccccc1.[C-]#[O+].[C-]#[O+].[C-]#[O+].[Cr]. The molecule has 19 heavy (non-hydrogen) atoms. The van der Waals surface area contributed by atoms with Gasteiger partial charge in [0.1, 0.15) is 0 Å². The first-order valence-corrected chi connectivity index (χ1v) is 4.66. The van der Waals surface area contributed by atoms with Crippen molar-refractivity contribution in [2.45, 2.75) is 13.5 Å². The van der Waals surface area contributed by atoms with E-state index in [0.717, 1.165) is 5.57 Å². The minimum Gasteiger partial charge on any atom is 0 e. The summed E-state index contributed by atoms with van der Waals surface area (Å²) >= 11 is 0. The van der Waals surface area contributed by atoms with Crippen molar-refractivity contribution in [3.8, 4) is 0 Å². The van der Waals surface area contributed by atoms with Gasteiger partial charge in [0.25, 0.3) is 0 Å². The van der Waals surface area contributed by atoms with Crippen LogP contribution in [0, 0.1) is 20.0 Å². The third-order valence-electron chi connectivity index (χ3n) is 1.46. The van der Waals surface area contributed by atoms with E-state index in [-0.39, 0.29) is 17.4 Å². The van der Waals surface area contributed by atoms with Crippen molar-refractivity contribution >= 4 is 0 Å². The maximum absolute atomic E-state index is 7.50. The molecule has 1 rings (SSSR count). The van der Waals surface area contributed by atoms with E-state index in [9.17, 15) is 0 Å². The van der Waals surface area contributed by atoms with Crippen LogP contribution in [0.1, 0.15) is 12.5 Å². The molecule has 0 amide bonds. The average Bonchev–Trinajstić information content (AvgIpc) is 2.46. The molecule has 0 heterocycles. The largest absolute Gasteiger partial charge is 0 e. The Hall–Kier alpha value is -1.33. The summed E-state index contributed by atoms with van der Waals surface area (Å²) in [5, 5.41) is 0. The quantitative estimate of drug-likeness (QED) is 0.478. The molecule has 100 valence electrons. The van der Waals surface area contributed by atoms with Crippen molar-refractivity contribution in [1.82, 2.24) is 0 Å². The van der Waals surface area contributed by atoms with Crippen LogP contribution >= 0.6 is 0 Å². The molecule has 0 unspecified atom stereocenters. The second-order valence-electron chi connectivity index (χ2n) is 2.94. The number of hydrogen-bond donors (Lipinski definition) is 0. The fourth-order valence-electron chi connectivity index (χ4n) is 0.917. The van der Waals surface area contributed by atoms with Gasteiger partial charge in [0.2, 0.25) is 0 Å². The Labute approximate surface area is 124 Å². The summed E-state index contributed by atoms with van der Waals surface area (Å²) in [5.41, 5.74) is 2.27. The third kappa shape index (κ3) is 22.4. The minimum absolute atomic E-state index is 0. The molecule has 0 aliphatic carbocycles. The van der Waals surface area contributed by atoms with E-state index in [1.165, 1.54) is 5.56 Å². The number of hydrogen-bond acceptors (Lipinski definition) is 1. The van der Waals surface area contributed by atoms with E-state index < -0.39 is 0 Å². The van der Waals surface area contributed by atoms with Gasteiger partial charge < -0.3 is 4.74 Å². The van der Waals surface area contributed by atoms with Gasteiger partial charge in [0.05, 0.1) is 13.2 Å². The monoisotopic (exact) mass is 298 g/mol.